The third-order valence-corrected chi connectivity index (χ3v) is 5.97. The number of piperazine rings is 1. The molecule has 164 valence electrons. The highest BCUT2D eigenvalue weighted by Crippen LogP contribution is 2.24. The maximum atomic E-state index is 14.6. The number of likely N-dealkylation sites (N-methyl/N-ethyl adjacent to an activating group) is 1. The minimum Gasteiger partial charge on any atom is -0.378 e. The van der Waals surface area contributed by atoms with Gasteiger partial charge in [-0.15, -0.1) is 0 Å². The lowest BCUT2D eigenvalue weighted by Crippen LogP contribution is -2.44. The molecule has 1 heterocycles. The minimum atomic E-state index is -0.273. The Kier molecular flexibility index (Phi) is 8.87. The lowest BCUT2D eigenvalue weighted by Gasteiger charge is -2.34. The van der Waals surface area contributed by atoms with E-state index >= 15 is 0 Å². The maximum Gasteiger partial charge on any atom is 0.199 e. The molecule has 0 bridgehead atoms. The van der Waals surface area contributed by atoms with Gasteiger partial charge in [-0.05, 0) is 49.5 Å². The quantitative estimate of drug-likeness (QED) is 0.399. The Morgan fingerprint density at radius 2 is 2.00 bits per heavy atom. The van der Waals surface area contributed by atoms with Gasteiger partial charge >= 0.3 is 0 Å². The van der Waals surface area contributed by atoms with Crippen LogP contribution in [0.15, 0.2) is 71.3 Å². The topological polar surface area (TPSA) is 56.9 Å². The number of thioether (sulfide) groups is 1. The van der Waals surface area contributed by atoms with Gasteiger partial charge in [0.15, 0.2) is 10.3 Å². The molecule has 8 heteroatoms. The molecule has 3 N–H and O–H groups in total. The Hall–Kier alpha value is -2.42. The van der Waals surface area contributed by atoms with Crippen LogP contribution >= 0.6 is 24.0 Å². The Labute approximate surface area is 193 Å². The van der Waals surface area contributed by atoms with Crippen molar-refractivity contribution in [2.75, 3.05) is 49.2 Å². The molecule has 1 aromatic carbocycles. The van der Waals surface area contributed by atoms with Gasteiger partial charge in [0.1, 0.15) is 5.82 Å². The van der Waals surface area contributed by atoms with E-state index in [2.05, 4.69) is 45.4 Å². The minimum absolute atomic E-state index is 0.208. The van der Waals surface area contributed by atoms with Gasteiger partial charge < -0.3 is 20.9 Å². The summed E-state index contributed by atoms with van der Waals surface area (Å²) in [6, 6.07) is 5.05. The number of hydrogen-bond donors (Lipinski definition) is 2. The van der Waals surface area contributed by atoms with E-state index in [1.54, 1.807) is 6.07 Å². The summed E-state index contributed by atoms with van der Waals surface area (Å²) in [6.45, 7) is 3.48. The summed E-state index contributed by atoms with van der Waals surface area (Å²) in [5.74, 6) is 0.415. The summed E-state index contributed by atoms with van der Waals surface area (Å²) in [5.41, 5.74) is 8.34. The lowest BCUT2D eigenvalue weighted by molar-refractivity contribution is 0.311. The Morgan fingerprint density at radius 1 is 1.19 bits per heavy atom. The largest absolute Gasteiger partial charge is 0.378 e. The second-order valence-electron chi connectivity index (χ2n) is 7.32. The highest BCUT2D eigenvalue weighted by atomic mass is 32.2. The maximum absolute atomic E-state index is 14.6. The normalized spacial score (nSPS) is 21.4. The number of aliphatic imine (C=N–C) groups is 1. The van der Waals surface area contributed by atoms with E-state index in [0.29, 0.717) is 22.3 Å². The molecule has 0 radical (unpaired) electrons. The lowest BCUT2D eigenvalue weighted by atomic mass is 10.2. The third kappa shape index (κ3) is 7.65. The van der Waals surface area contributed by atoms with Crippen LogP contribution in [0.25, 0.3) is 0 Å². The molecule has 5 nitrogen and oxygen atoms in total. The fourth-order valence-electron chi connectivity index (χ4n) is 3.18. The van der Waals surface area contributed by atoms with Crippen molar-refractivity contribution in [2.45, 2.75) is 6.42 Å². The fraction of sp³-hybridized carbons (Fsp3) is 0.304. The van der Waals surface area contributed by atoms with Crippen molar-refractivity contribution in [3.05, 3.63) is 72.1 Å². The fourth-order valence-corrected chi connectivity index (χ4v) is 4.12. The number of thiocarbonyl (C=S) groups is 1. The molecule has 1 fully saturated rings. The number of allylic oxidation sites excluding steroid dienone is 7. The molecular weight excluding hydrogens is 429 g/mol. The molecule has 0 aromatic heterocycles. The average molecular weight is 458 g/mol. The van der Waals surface area contributed by atoms with Gasteiger partial charge in [-0.1, -0.05) is 54.3 Å². The van der Waals surface area contributed by atoms with E-state index in [1.165, 1.54) is 17.8 Å². The van der Waals surface area contributed by atoms with E-state index in [0.717, 1.165) is 38.2 Å². The molecular formula is C23H28FN5S2. The van der Waals surface area contributed by atoms with Gasteiger partial charge in [-0.25, -0.2) is 4.39 Å². The van der Waals surface area contributed by atoms with Gasteiger partial charge in [0.25, 0.3) is 0 Å². The molecule has 1 aliphatic carbocycles. The van der Waals surface area contributed by atoms with Crippen LogP contribution in [0.2, 0.25) is 0 Å². The Morgan fingerprint density at radius 3 is 2.77 bits per heavy atom. The summed E-state index contributed by atoms with van der Waals surface area (Å²) in [5, 5.41) is 3.52. The number of benzene rings is 1. The van der Waals surface area contributed by atoms with Crippen molar-refractivity contribution in [1.29, 1.82) is 0 Å². The van der Waals surface area contributed by atoms with Gasteiger partial charge in [0.2, 0.25) is 0 Å². The first-order valence-electron chi connectivity index (χ1n) is 10.2. The average Bonchev–Trinajstić information content (AvgIpc) is 2.87. The molecule has 0 amide bonds. The zero-order valence-electron chi connectivity index (χ0n) is 17.6. The number of hydrogen-bond acceptors (Lipinski definition) is 4. The first-order valence-corrected chi connectivity index (χ1v) is 11.6. The molecule has 31 heavy (non-hydrogen) atoms. The van der Waals surface area contributed by atoms with Crippen LogP contribution in [-0.4, -0.2) is 54.2 Å². The number of nitrogens with two attached hydrogens (primary N) is 1. The van der Waals surface area contributed by atoms with Crippen LogP contribution in [-0.2, 0) is 0 Å². The van der Waals surface area contributed by atoms with Crippen molar-refractivity contribution < 1.29 is 4.39 Å². The summed E-state index contributed by atoms with van der Waals surface area (Å²) in [6.07, 6.45) is 15.3. The first kappa shape index (κ1) is 23.2. The zero-order chi connectivity index (χ0) is 22.1. The molecule has 0 atom stereocenters. The molecule has 1 saturated heterocycles. The van der Waals surface area contributed by atoms with E-state index in [-0.39, 0.29) is 10.9 Å². The van der Waals surface area contributed by atoms with Crippen LogP contribution in [0.4, 0.5) is 15.8 Å². The monoisotopic (exact) mass is 457 g/mol. The molecule has 0 unspecified atom stereocenters. The number of halogens is 1. The third-order valence-electron chi connectivity index (χ3n) is 4.91. The second kappa shape index (κ2) is 11.8. The summed E-state index contributed by atoms with van der Waals surface area (Å²) in [7, 11) is 2.08. The molecule has 1 aromatic rings. The van der Waals surface area contributed by atoms with Crippen molar-refractivity contribution in [1.82, 2.24) is 4.90 Å². The number of anilines is 2. The van der Waals surface area contributed by atoms with Crippen LogP contribution in [0.1, 0.15) is 6.42 Å². The molecule has 2 aliphatic rings. The van der Waals surface area contributed by atoms with Crippen LogP contribution in [0.3, 0.4) is 0 Å². The number of nitrogens with one attached hydrogen (secondary N) is 1. The Balaban J connectivity index is 1.54. The summed E-state index contributed by atoms with van der Waals surface area (Å²) >= 11 is 6.69. The highest BCUT2D eigenvalue weighted by Gasteiger charge is 2.17. The zero-order valence-corrected chi connectivity index (χ0v) is 19.3. The van der Waals surface area contributed by atoms with Crippen molar-refractivity contribution in [3.63, 3.8) is 0 Å². The van der Waals surface area contributed by atoms with E-state index in [9.17, 15) is 4.39 Å². The SMILES string of the molecule is CN1CCN(c2ccc(NC(=S)N=C(N)SC/C3=C/C=C\C=C/CC=C3)cc2F)CC1. The van der Waals surface area contributed by atoms with Gasteiger partial charge in [-0.2, -0.15) is 4.99 Å². The van der Waals surface area contributed by atoms with E-state index in [4.69, 9.17) is 18.0 Å². The molecule has 3 rings (SSSR count). The number of rotatable bonds is 4. The molecule has 0 spiro atoms. The Bertz CT molecular complexity index is 928. The van der Waals surface area contributed by atoms with Crippen LogP contribution < -0.4 is 16.0 Å². The van der Waals surface area contributed by atoms with Crippen LogP contribution in [0, 0.1) is 5.82 Å². The van der Waals surface area contributed by atoms with Crippen molar-refractivity contribution in [3.8, 4) is 0 Å². The smallest absolute Gasteiger partial charge is 0.199 e. The second-order valence-corrected chi connectivity index (χ2v) is 8.70. The summed E-state index contributed by atoms with van der Waals surface area (Å²) < 4.78 is 14.6. The number of nitrogens with zero attached hydrogens (tertiary/aromatic N) is 3. The van der Waals surface area contributed by atoms with Gasteiger partial charge in [-0.3, -0.25) is 0 Å². The summed E-state index contributed by atoms with van der Waals surface area (Å²) in [4.78, 5) is 8.53. The van der Waals surface area contributed by atoms with Crippen LogP contribution in [0.5, 0.6) is 0 Å². The van der Waals surface area contributed by atoms with Crippen molar-refractivity contribution >= 4 is 45.6 Å². The predicted octanol–water partition coefficient (Wildman–Crippen LogP) is 4.32. The van der Waals surface area contributed by atoms with Gasteiger partial charge in [0, 0.05) is 37.6 Å². The van der Waals surface area contributed by atoms with Gasteiger partial charge in [0.05, 0.1) is 5.69 Å². The number of amidine groups is 1. The van der Waals surface area contributed by atoms with E-state index in [1.807, 2.05) is 30.4 Å². The van der Waals surface area contributed by atoms with Crippen molar-refractivity contribution in [2.24, 2.45) is 10.7 Å². The van der Waals surface area contributed by atoms with E-state index < -0.39 is 0 Å². The highest BCUT2D eigenvalue weighted by molar-refractivity contribution is 8.14. The first-order chi connectivity index (χ1) is 15.0. The standard InChI is InChI=1S/C23H28FN5S2/c1-28-12-14-29(15-13-28)21-11-10-19(16-20(21)24)26-23(30)27-22(25)31-17-18-8-6-4-2-3-5-7-9-18/h2-4,6-11,16H,5,12-15,17H2,1H3,(H3,25,26,27,30)/b3-2-,6-4-,9-7?,18-8+. The molecule has 1 aliphatic heterocycles. The predicted molar refractivity (Wildman–Crippen MR) is 137 cm³/mol. The molecule has 0 saturated carbocycles.